The molecular formula is C69H101Cl3F3N15O11. The van der Waals surface area contributed by atoms with Gasteiger partial charge in [0.2, 0.25) is 0 Å². The number of rotatable bonds is 11. The average molecular weight is 1480 g/mol. The molecule has 0 spiro atoms. The van der Waals surface area contributed by atoms with Crippen molar-refractivity contribution in [2.75, 3.05) is 116 Å². The van der Waals surface area contributed by atoms with Gasteiger partial charge in [0.25, 0.3) is 0 Å². The molecule has 0 aliphatic carbocycles. The summed E-state index contributed by atoms with van der Waals surface area (Å²) in [6, 6.07) is 23.6. The summed E-state index contributed by atoms with van der Waals surface area (Å²) in [5.74, 6) is -1.08. The van der Waals surface area contributed by atoms with Crippen LogP contribution in [0.1, 0.15) is 112 Å². The fraction of sp³-hybridized carbons (Fsp3) is 0.536. The van der Waals surface area contributed by atoms with E-state index in [4.69, 9.17) is 48.4 Å². The number of fused-ring (bicyclic) bond motifs is 4. The number of urea groups is 3. The van der Waals surface area contributed by atoms with Crippen LogP contribution < -0.4 is 27.8 Å². The number of nitrogens with zero attached hydrogens (tertiary/aromatic N) is 9. The molecule has 0 unspecified atom stereocenters. The lowest BCUT2D eigenvalue weighted by Crippen LogP contribution is -2.37. The van der Waals surface area contributed by atoms with Crippen LogP contribution in [-0.2, 0) is 82.5 Å². The summed E-state index contributed by atoms with van der Waals surface area (Å²) in [4.78, 5) is 95.7. The normalized spacial score (nSPS) is 16.0. The third-order valence-corrected chi connectivity index (χ3v) is 16.2. The van der Waals surface area contributed by atoms with Crippen LogP contribution in [0, 0.1) is 5.41 Å². The highest BCUT2D eigenvalue weighted by molar-refractivity contribution is 6.18. The second-order valence-electron chi connectivity index (χ2n) is 27.9. The first kappa shape index (κ1) is 85.2. The van der Waals surface area contributed by atoms with Crippen molar-refractivity contribution in [3.8, 4) is 0 Å². The number of hydrogen-bond acceptors (Lipinski definition) is 17. The van der Waals surface area contributed by atoms with Crippen LogP contribution in [0.4, 0.5) is 59.0 Å². The molecule has 0 bridgehead atoms. The van der Waals surface area contributed by atoms with Gasteiger partial charge >= 0.3 is 48.6 Å². The number of alkyl halides is 4. The molecule has 32 heteroatoms. The molecule has 7 aliphatic rings. The van der Waals surface area contributed by atoms with Gasteiger partial charge in [-0.2, -0.15) is 13.2 Å². The molecule has 26 nitrogen and oxygen atoms in total. The summed E-state index contributed by atoms with van der Waals surface area (Å²) >= 11 is 5.48. The van der Waals surface area contributed by atoms with Crippen LogP contribution in [0.25, 0.3) is 0 Å². The van der Waals surface area contributed by atoms with Crippen molar-refractivity contribution in [2.24, 2.45) is 5.73 Å². The van der Waals surface area contributed by atoms with E-state index in [1.807, 2.05) is 68.9 Å². The number of carbonyl (C=O) groups excluding carboxylic acids is 7. The lowest BCUT2D eigenvalue weighted by Gasteiger charge is -2.20. The van der Waals surface area contributed by atoms with E-state index in [-0.39, 0.29) is 61.8 Å². The number of likely N-dealkylation sites (N-methyl/N-ethyl adjacent to an activating group) is 3. The molecule has 0 radical (unpaired) electrons. The van der Waals surface area contributed by atoms with E-state index < -0.39 is 47.3 Å². The quantitative estimate of drug-likeness (QED) is 0.0155. The Bertz CT molecular complexity index is 3490. The number of carbonyl (C=O) groups is 7. The van der Waals surface area contributed by atoms with Crippen molar-refractivity contribution < 1.29 is 65.7 Å². The monoisotopic (exact) mass is 1480 g/mol. The standard InChI is InChI=1S/C16H23N5O.C14H20N4O.C13H18N2O2.C10H9F3N2O.C10H18O5.C6H11ClN2O.2ClH/c1-19-4-6-21(16(19)22)7-5-20-10-13-3-2-12(9-15(17)18)8-14(13)11-20;1-16-4-6-18(14(16)19)7-5-17-9-11-2-3-13(15)8-12(11)10-17;1-13(2,3)17-12(16)15-11-5-4-9-7-14-8-10(9)6-11;11-10(12,13)9(16)15-4-6-1-2-8(14)3-7(6)5-15;1-9(2,3)14-7(11)13-8(12)15-10(4,5)6;1-8-4-5-9(3-2-7)6(8)10;;/h2-3,8H,4-7,9-11H2,1H3,(H3,17,18);2-3,8H,4-7,9-10,15H2,1H3;4-6,14H,7-8H2,1-3H3,(H,15,16);1-3H,4-5,14H2;1-6H3;2-5H2,1H3;2*1H. The van der Waals surface area contributed by atoms with Crippen LogP contribution in [0.15, 0.2) is 72.8 Å². The Labute approximate surface area is 607 Å². The second kappa shape index (κ2) is 37.6. The van der Waals surface area contributed by atoms with Gasteiger partial charge in [-0.1, -0.05) is 36.4 Å². The second-order valence-corrected chi connectivity index (χ2v) is 28.3. The third kappa shape index (κ3) is 27.9. The van der Waals surface area contributed by atoms with Crippen molar-refractivity contribution in [1.29, 1.82) is 5.41 Å². The lowest BCUT2D eigenvalue weighted by atomic mass is 10.0. The number of amides is 8. The fourth-order valence-electron chi connectivity index (χ4n) is 11.1. The summed E-state index contributed by atoms with van der Waals surface area (Å²) in [5.41, 5.74) is 27.4. The highest BCUT2D eigenvalue weighted by Gasteiger charge is 2.44. The summed E-state index contributed by atoms with van der Waals surface area (Å²) in [5, 5.41) is 13.4. The Morgan fingerprint density at radius 3 is 1.35 bits per heavy atom. The van der Waals surface area contributed by atoms with Gasteiger partial charge in [-0.05, 0) is 149 Å². The van der Waals surface area contributed by atoms with Gasteiger partial charge < -0.3 is 75.8 Å². The maximum absolute atomic E-state index is 12.2. The number of anilines is 3. The Morgan fingerprint density at radius 1 is 0.525 bits per heavy atom. The summed E-state index contributed by atoms with van der Waals surface area (Å²) < 4.78 is 55.6. The predicted octanol–water partition coefficient (Wildman–Crippen LogP) is 10.4. The molecule has 11 rings (SSSR count). The maximum Gasteiger partial charge on any atom is 0.519 e. The largest absolute Gasteiger partial charge is 0.519 e. The maximum atomic E-state index is 12.2. The number of benzene rings is 4. The van der Waals surface area contributed by atoms with Crippen molar-refractivity contribution in [2.45, 2.75) is 144 Å². The van der Waals surface area contributed by atoms with Crippen LogP contribution in [0.2, 0.25) is 0 Å². The minimum Gasteiger partial charge on any atom is -0.444 e. The summed E-state index contributed by atoms with van der Waals surface area (Å²) in [6.07, 6.45) is -6.83. The molecule has 3 fully saturated rings. The lowest BCUT2D eigenvalue weighted by molar-refractivity contribution is -0.186. The first-order valence-corrected chi connectivity index (χ1v) is 33.3. The van der Waals surface area contributed by atoms with E-state index >= 15 is 0 Å². The molecule has 3 saturated heterocycles. The molecule has 4 aromatic carbocycles. The number of amidine groups is 1. The van der Waals surface area contributed by atoms with Crippen LogP contribution >= 0.6 is 36.4 Å². The Morgan fingerprint density at radius 2 is 0.921 bits per heavy atom. The molecule has 9 N–H and O–H groups in total. The zero-order chi connectivity index (χ0) is 73.3. The van der Waals surface area contributed by atoms with Gasteiger partial charge in [0.15, 0.2) is 0 Å². The van der Waals surface area contributed by atoms with Gasteiger partial charge in [0, 0.05) is 175 Å². The predicted molar refractivity (Wildman–Crippen MR) is 387 cm³/mol. The molecular weight excluding hydrogens is 1380 g/mol. The molecule has 0 saturated carbocycles. The Kier molecular flexibility index (Phi) is 31.7. The van der Waals surface area contributed by atoms with Crippen LogP contribution in [0.3, 0.4) is 0 Å². The highest BCUT2D eigenvalue weighted by atomic mass is 35.5. The zero-order valence-electron chi connectivity index (χ0n) is 59.9. The topological polar surface area (TPSA) is 312 Å². The SMILES string of the molecule is CC(C)(C)OC(=O)Nc1ccc2c(c1)CNC2.CC(C)(C)OC(=O)OC(=O)OC(C)(C)C.CN1CCN(CCCl)C1=O.CN1CCN(CCN2Cc3ccc(CC(=N)N)cc3C2)C1=O.CN1CCN(CCN2Cc3ccc(N)cc3C2)C1=O.Cl.Cl.Nc1ccc2c(c1)CN(C(=O)C(F)(F)F)C2. The molecule has 7 heterocycles. The minimum atomic E-state index is -4.81. The zero-order valence-corrected chi connectivity index (χ0v) is 62.2. The molecule has 4 aromatic rings. The molecule has 8 amide bonds. The van der Waals surface area contributed by atoms with Crippen molar-refractivity contribution >= 4 is 102 Å². The van der Waals surface area contributed by atoms with Gasteiger partial charge in [-0.15, -0.1) is 36.4 Å². The van der Waals surface area contributed by atoms with Crippen molar-refractivity contribution in [3.63, 3.8) is 0 Å². The van der Waals surface area contributed by atoms with Crippen molar-refractivity contribution in [1.82, 2.24) is 49.4 Å². The molecule has 101 heavy (non-hydrogen) atoms. The van der Waals surface area contributed by atoms with E-state index in [1.165, 1.54) is 33.4 Å². The van der Waals surface area contributed by atoms with Gasteiger partial charge in [-0.25, -0.2) is 28.8 Å². The first-order chi connectivity index (χ1) is 46.2. The van der Waals surface area contributed by atoms with Gasteiger partial charge in [0.1, 0.15) is 16.8 Å². The van der Waals surface area contributed by atoms with Gasteiger partial charge in [0.05, 0.1) is 5.84 Å². The summed E-state index contributed by atoms with van der Waals surface area (Å²) in [6.45, 7) is 30.2. The van der Waals surface area contributed by atoms with Crippen LogP contribution in [-0.4, -0.2) is 214 Å². The number of ether oxygens (including phenoxy) is 4. The fourth-order valence-corrected chi connectivity index (χ4v) is 11.4. The van der Waals surface area contributed by atoms with Gasteiger partial charge in [-0.3, -0.25) is 25.3 Å². The van der Waals surface area contributed by atoms with E-state index in [2.05, 4.69) is 55.5 Å². The van der Waals surface area contributed by atoms with E-state index in [9.17, 15) is 46.7 Å². The molecule has 0 atom stereocenters. The third-order valence-electron chi connectivity index (χ3n) is 16.0. The Hall–Kier alpha value is -8.22. The molecule has 7 aliphatic heterocycles. The highest BCUT2D eigenvalue weighted by Crippen LogP contribution is 2.30. The Balaban J connectivity index is 0.000000259. The first-order valence-electron chi connectivity index (χ1n) is 32.7. The van der Waals surface area contributed by atoms with E-state index in [0.29, 0.717) is 35.7 Å². The summed E-state index contributed by atoms with van der Waals surface area (Å²) in [7, 11) is 5.51. The number of nitrogen functional groups attached to an aromatic ring is 2. The molecule has 0 aromatic heterocycles. The van der Waals surface area contributed by atoms with E-state index in [1.54, 1.807) is 86.4 Å². The number of nitrogens with one attached hydrogen (secondary N) is 3. The average Bonchev–Trinajstić information content (AvgIpc) is 1.68. The number of halogens is 6. The molecule has 560 valence electrons. The number of nitrogens with two attached hydrogens (primary N) is 3. The van der Waals surface area contributed by atoms with E-state index in [0.717, 1.165) is 127 Å². The smallest absolute Gasteiger partial charge is 0.444 e. The minimum absolute atomic E-state index is 0. The van der Waals surface area contributed by atoms with Crippen molar-refractivity contribution in [3.05, 3.63) is 123 Å². The van der Waals surface area contributed by atoms with Crippen LogP contribution in [0.5, 0.6) is 0 Å². The number of hydrogen-bond donors (Lipinski definition) is 6.